The molecular weight excluding hydrogens is 568 g/mol. The van der Waals surface area contributed by atoms with Gasteiger partial charge in [0, 0.05) is 42.1 Å². The topological polar surface area (TPSA) is 113 Å². The molecule has 0 aliphatic carbocycles. The largest absolute Gasteiger partial charge is 0.462 e. The van der Waals surface area contributed by atoms with Crippen LogP contribution in [-0.2, 0) is 19.1 Å². The Kier molecular flexibility index (Phi) is 18.4. The van der Waals surface area contributed by atoms with E-state index in [1.807, 2.05) is 66.7 Å². The van der Waals surface area contributed by atoms with E-state index in [0.29, 0.717) is 6.42 Å². The maximum Gasteiger partial charge on any atom is 0.331 e. The summed E-state index contributed by atoms with van der Waals surface area (Å²) >= 11 is 0. The molecule has 0 amide bonds. The first-order valence-electron chi connectivity index (χ1n) is 16.7. The second kappa shape index (κ2) is 20.5. The summed E-state index contributed by atoms with van der Waals surface area (Å²) in [6.07, 6.45) is 18.1. The van der Waals surface area contributed by atoms with Crippen molar-refractivity contribution in [2.24, 2.45) is 47.3 Å². The molecule has 0 radical (unpaired) electrons. The van der Waals surface area contributed by atoms with E-state index in [0.717, 1.165) is 12.8 Å². The molecule has 7 nitrogen and oxygen atoms in total. The molecule has 0 aromatic rings. The molecule has 45 heavy (non-hydrogen) atoms. The first-order chi connectivity index (χ1) is 21.1. The molecule has 1 heterocycles. The van der Waals surface area contributed by atoms with Gasteiger partial charge >= 0.3 is 11.9 Å². The van der Waals surface area contributed by atoms with Crippen LogP contribution in [0, 0.1) is 59.7 Å². The Labute approximate surface area is 272 Å². The highest BCUT2D eigenvalue weighted by atomic mass is 16.6. The third kappa shape index (κ3) is 14.1. The minimum atomic E-state index is -0.854. The number of aliphatic hydroxyl groups is 3. The first kappa shape index (κ1) is 40.4. The maximum absolute atomic E-state index is 13.2. The molecule has 3 N–H and O–H groups in total. The zero-order valence-electron chi connectivity index (χ0n) is 29.0. The Bertz CT molecular complexity index is 1050. The highest BCUT2D eigenvalue weighted by Gasteiger charge is 2.35. The Morgan fingerprint density at radius 1 is 1.00 bits per heavy atom. The van der Waals surface area contributed by atoms with E-state index < -0.39 is 42.4 Å². The van der Waals surface area contributed by atoms with Crippen molar-refractivity contribution in [1.82, 2.24) is 0 Å². The van der Waals surface area contributed by atoms with Gasteiger partial charge in [-0.25, -0.2) is 4.79 Å². The van der Waals surface area contributed by atoms with Gasteiger partial charge in [-0.1, -0.05) is 97.9 Å². The van der Waals surface area contributed by atoms with Gasteiger partial charge in [-0.15, -0.1) is 12.3 Å². The van der Waals surface area contributed by atoms with Crippen LogP contribution in [0.15, 0.2) is 48.6 Å². The maximum atomic E-state index is 13.2. The molecule has 13 unspecified atom stereocenters. The van der Waals surface area contributed by atoms with E-state index in [-0.39, 0.29) is 53.8 Å². The number of carbonyl (C=O) groups excluding carboxylic acids is 2. The molecule has 0 bridgehead atoms. The molecule has 0 aromatic carbocycles. The van der Waals surface area contributed by atoms with Crippen LogP contribution in [0.4, 0.5) is 0 Å². The lowest BCUT2D eigenvalue weighted by molar-refractivity contribution is -0.165. The van der Waals surface area contributed by atoms with E-state index >= 15 is 0 Å². The van der Waals surface area contributed by atoms with Crippen LogP contribution in [0.1, 0.15) is 88.0 Å². The third-order valence-corrected chi connectivity index (χ3v) is 9.35. The molecule has 1 aliphatic heterocycles. The van der Waals surface area contributed by atoms with Crippen LogP contribution in [0.5, 0.6) is 0 Å². The number of allylic oxidation sites excluding steroid dienone is 3. The normalized spacial score (nSPS) is 35.3. The second-order valence-corrected chi connectivity index (χ2v) is 13.5. The van der Waals surface area contributed by atoms with Gasteiger partial charge in [0.05, 0.1) is 24.2 Å². The molecular formula is C38H60O7. The van der Waals surface area contributed by atoms with Crippen molar-refractivity contribution in [2.45, 2.75) is 119 Å². The monoisotopic (exact) mass is 628 g/mol. The highest BCUT2D eigenvalue weighted by molar-refractivity contribution is 5.82. The van der Waals surface area contributed by atoms with Gasteiger partial charge in [-0.05, 0) is 38.0 Å². The minimum absolute atomic E-state index is 0.0180. The van der Waals surface area contributed by atoms with Crippen molar-refractivity contribution in [3.8, 4) is 12.3 Å². The Hall–Kier alpha value is -2.66. The van der Waals surface area contributed by atoms with Crippen molar-refractivity contribution < 1.29 is 34.4 Å². The van der Waals surface area contributed by atoms with E-state index in [9.17, 15) is 24.9 Å². The van der Waals surface area contributed by atoms with Crippen molar-refractivity contribution in [3.05, 3.63) is 48.6 Å². The number of rotatable bonds is 5. The number of carbonyl (C=O) groups is 2. The first-order valence-corrected chi connectivity index (χ1v) is 16.7. The van der Waals surface area contributed by atoms with E-state index in [2.05, 4.69) is 12.8 Å². The molecule has 0 spiro atoms. The smallest absolute Gasteiger partial charge is 0.331 e. The number of hydrogen-bond donors (Lipinski definition) is 3. The van der Waals surface area contributed by atoms with Gasteiger partial charge in [-0.2, -0.15) is 0 Å². The Morgan fingerprint density at radius 2 is 1.67 bits per heavy atom. The zero-order valence-corrected chi connectivity index (χ0v) is 29.0. The second-order valence-electron chi connectivity index (χ2n) is 13.5. The lowest BCUT2D eigenvalue weighted by Gasteiger charge is -2.34. The van der Waals surface area contributed by atoms with Gasteiger partial charge in [-0.3, -0.25) is 4.79 Å². The molecule has 0 saturated carbocycles. The van der Waals surface area contributed by atoms with Gasteiger partial charge < -0.3 is 24.8 Å². The van der Waals surface area contributed by atoms with Gasteiger partial charge in [0.25, 0.3) is 0 Å². The number of cyclic esters (lactones) is 1. The van der Waals surface area contributed by atoms with Crippen molar-refractivity contribution in [2.75, 3.05) is 0 Å². The predicted molar refractivity (Wildman–Crippen MR) is 181 cm³/mol. The van der Waals surface area contributed by atoms with Gasteiger partial charge in [0.2, 0.25) is 0 Å². The fourth-order valence-electron chi connectivity index (χ4n) is 5.84. The lowest BCUT2D eigenvalue weighted by atomic mass is 9.82. The average molecular weight is 629 g/mol. The van der Waals surface area contributed by atoms with Gasteiger partial charge in [0.15, 0.2) is 0 Å². The van der Waals surface area contributed by atoms with Crippen LogP contribution < -0.4 is 0 Å². The van der Waals surface area contributed by atoms with E-state index in [1.165, 1.54) is 6.08 Å². The summed E-state index contributed by atoms with van der Waals surface area (Å²) in [7, 11) is 0. The standard InChI is InChI=1S/C38H60O7/c1-11-15-28(7)37-31(10)34(44-38(43)30(9)25(4)12-2)21-18-24(3)22-29(8)36(42)27(6)19-20-32(39)23-33(40)26(5)16-13-14-17-35(41)45-37/h2,11,13-17,19-20,24-34,36-37,39-40,42H,18,21-23H2,1,3-10H3. The summed E-state index contributed by atoms with van der Waals surface area (Å²) in [5.74, 6) is 0.243. The molecule has 0 aromatic heterocycles. The summed E-state index contributed by atoms with van der Waals surface area (Å²) in [6.45, 7) is 17.3. The van der Waals surface area contributed by atoms with Crippen LogP contribution in [-0.4, -0.2) is 57.8 Å². The summed E-state index contributed by atoms with van der Waals surface area (Å²) < 4.78 is 12.1. The zero-order chi connectivity index (χ0) is 34.3. The molecule has 1 rings (SSSR count). The van der Waals surface area contributed by atoms with E-state index in [1.54, 1.807) is 31.2 Å². The summed E-state index contributed by atoms with van der Waals surface area (Å²) in [6, 6.07) is 0. The number of ether oxygens (including phenoxy) is 2. The fraction of sp³-hybridized carbons (Fsp3) is 0.684. The van der Waals surface area contributed by atoms with Crippen LogP contribution >= 0.6 is 0 Å². The number of terminal acetylenes is 1. The number of hydrogen-bond acceptors (Lipinski definition) is 7. The Morgan fingerprint density at radius 3 is 2.29 bits per heavy atom. The van der Waals surface area contributed by atoms with Crippen molar-refractivity contribution in [1.29, 1.82) is 0 Å². The predicted octanol–water partition coefficient (Wildman–Crippen LogP) is 6.43. The van der Waals surface area contributed by atoms with Crippen LogP contribution in [0.2, 0.25) is 0 Å². The minimum Gasteiger partial charge on any atom is -0.462 e. The summed E-state index contributed by atoms with van der Waals surface area (Å²) in [4.78, 5) is 26.2. The molecule has 0 fully saturated rings. The third-order valence-electron chi connectivity index (χ3n) is 9.35. The molecule has 7 heteroatoms. The molecule has 1 aliphatic rings. The molecule has 0 saturated heterocycles. The molecule has 254 valence electrons. The fourth-order valence-corrected chi connectivity index (χ4v) is 5.84. The van der Waals surface area contributed by atoms with Crippen molar-refractivity contribution in [3.63, 3.8) is 0 Å². The quantitative estimate of drug-likeness (QED) is 0.183. The van der Waals surface area contributed by atoms with Crippen LogP contribution in [0.25, 0.3) is 0 Å². The van der Waals surface area contributed by atoms with Crippen molar-refractivity contribution >= 4 is 11.9 Å². The summed E-state index contributed by atoms with van der Waals surface area (Å²) in [5.41, 5.74) is 0. The number of aliphatic hydroxyl groups excluding tert-OH is 3. The SMILES string of the molecule is C#CC(C)C(C)C(=O)OC1CCC(C)CC(C)C(O)C(C)C=CC(O)CC(O)C(C)C=CC=CC(=O)OC(C(C)C=CC)C1C. The highest BCUT2D eigenvalue weighted by Crippen LogP contribution is 2.31. The average Bonchev–Trinajstić information content (AvgIpc) is 3.00. The van der Waals surface area contributed by atoms with Crippen LogP contribution in [0.3, 0.4) is 0 Å². The van der Waals surface area contributed by atoms with E-state index in [4.69, 9.17) is 15.9 Å². The molecule has 13 atom stereocenters. The number of esters is 2. The lowest BCUT2D eigenvalue weighted by Crippen LogP contribution is -2.40. The Balaban J connectivity index is 3.45. The van der Waals surface area contributed by atoms with Gasteiger partial charge in [0.1, 0.15) is 12.2 Å². The summed E-state index contributed by atoms with van der Waals surface area (Å²) in [5, 5.41) is 32.1.